The Morgan fingerprint density at radius 1 is 1.17 bits per heavy atom. The molecule has 2 aromatic carbocycles. The van der Waals surface area contributed by atoms with Crippen molar-refractivity contribution in [2.24, 2.45) is 0 Å². The number of ether oxygens (including phenoxy) is 1. The van der Waals surface area contributed by atoms with Crippen LogP contribution in [0.1, 0.15) is 5.56 Å². The van der Waals surface area contributed by atoms with Crippen molar-refractivity contribution in [3.8, 4) is 16.9 Å². The Balaban J connectivity index is 2.05. The summed E-state index contributed by atoms with van der Waals surface area (Å²) in [5.74, 6) is -1.59. The van der Waals surface area contributed by atoms with Crippen molar-refractivity contribution in [1.82, 2.24) is 5.32 Å². The Bertz CT molecular complexity index is 881. The summed E-state index contributed by atoms with van der Waals surface area (Å²) in [4.78, 5) is 12.2. The van der Waals surface area contributed by atoms with Gasteiger partial charge in [0, 0.05) is 5.56 Å². The quantitative estimate of drug-likeness (QED) is 0.657. The number of thioether (sulfide) groups is 1. The molecule has 0 radical (unpaired) electrons. The molecule has 0 aromatic heterocycles. The first-order valence-electron chi connectivity index (χ1n) is 6.86. The average Bonchev–Trinajstić information content (AvgIpc) is 2.87. The van der Waals surface area contributed by atoms with Crippen LogP contribution in [0.25, 0.3) is 17.2 Å². The monoisotopic (exact) mass is 363 g/mol. The number of rotatable bonds is 3. The van der Waals surface area contributed by atoms with Crippen LogP contribution < -0.4 is 10.1 Å². The fourth-order valence-electron chi connectivity index (χ4n) is 2.28. The zero-order valence-corrected chi connectivity index (χ0v) is 14.1. The van der Waals surface area contributed by atoms with Crippen LogP contribution in [-0.2, 0) is 4.79 Å². The molecule has 3 rings (SSSR count). The Labute approximate surface area is 146 Å². The summed E-state index contributed by atoms with van der Waals surface area (Å²) in [6.07, 6.45) is 1.68. The minimum atomic E-state index is -0.936. The minimum Gasteiger partial charge on any atom is -0.496 e. The third-order valence-electron chi connectivity index (χ3n) is 3.39. The van der Waals surface area contributed by atoms with Crippen molar-refractivity contribution in [3.63, 3.8) is 0 Å². The summed E-state index contributed by atoms with van der Waals surface area (Å²) >= 11 is 6.13. The van der Waals surface area contributed by atoms with Crippen LogP contribution in [0.5, 0.6) is 5.75 Å². The van der Waals surface area contributed by atoms with Gasteiger partial charge in [-0.15, -0.1) is 0 Å². The van der Waals surface area contributed by atoms with Crippen molar-refractivity contribution in [3.05, 3.63) is 58.5 Å². The minimum absolute atomic E-state index is 0.254. The second-order valence-corrected chi connectivity index (χ2v) is 6.66. The lowest BCUT2D eigenvalue weighted by atomic mass is 10.0. The van der Waals surface area contributed by atoms with Gasteiger partial charge in [0.25, 0.3) is 5.91 Å². The molecule has 1 saturated heterocycles. The van der Waals surface area contributed by atoms with E-state index in [1.54, 1.807) is 24.3 Å². The molecule has 0 saturated carbocycles. The van der Waals surface area contributed by atoms with Gasteiger partial charge in [0.1, 0.15) is 10.1 Å². The van der Waals surface area contributed by atoms with Gasteiger partial charge in [-0.2, -0.15) is 0 Å². The van der Waals surface area contributed by atoms with Crippen LogP contribution in [-0.4, -0.2) is 17.3 Å². The smallest absolute Gasteiger partial charge is 0.263 e. The Morgan fingerprint density at radius 3 is 2.58 bits per heavy atom. The molecule has 3 nitrogen and oxygen atoms in total. The molecule has 122 valence electrons. The maximum atomic E-state index is 13.5. The van der Waals surface area contributed by atoms with E-state index in [0.717, 1.165) is 17.7 Å². The van der Waals surface area contributed by atoms with Gasteiger partial charge in [0.15, 0.2) is 11.6 Å². The van der Waals surface area contributed by atoms with Gasteiger partial charge in [-0.1, -0.05) is 36.1 Å². The van der Waals surface area contributed by atoms with Crippen molar-refractivity contribution in [2.45, 2.75) is 0 Å². The first-order chi connectivity index (χ1) is 11.5. The number of hydrogen-bond acceptors (Lipinski definition) is 4. The maximum absolute atomic E-state index is 13.5. The summed E-state index contributed by atoms with van der Waals surface area (Å²) in [5, 5.41) is 2.54. The van der Waals surface area contributed by atoms with Crippen LogP contribution >= 0.6 is 24.0 Å². The number of methoxy groups -OCH3 is 1. The summed E-state index contributed by atoms with van der Waals surface area (Å²) in [7, 11) is 1.50. The molecular weight excluding hydrogens is 352 g/mol. The lowest BCUT2D eigenvalue weighted by Gasteiger charge is -2.10. The molecule has 0 aliphatic carbocycles. The van der Waals surface area contributed by atoms with Crippen molar-refractivity contribution < 1.29 is 18.3 Å². The van der Waals surface area contributed by atoms with Gasteiger partial charge in [-0.05, 0) is 41.5 Å². The van der Waals surface area contributed by atoms with Gasteiger partial charge in [-0.25, -0.2) is 8.78 Å². The molecule has 1 amide bonds. The Hall–Kier alpha value is -2.25. The fourth-order valence-corrected chi connectivity index (χ4v) is 3.32. The van der Waals surface area contributed by atoms with Crippen molar-refractivity contribution in [1.29, 1.82) is 0 Å². The number of hydrogen-bond donors (Lipinski definition) is 1. The molecule has 7 heteroatoms. The zero-order valence-electron chi connectivity index (χ0n) is 12.4. The molecule has 24 heavy (non-hydrogen) atoms. The van der Waals surface area contributed by atoms with Gasteiger partial charge in [0.2, 0.25) is 0 Å². The molecule has 0 atom stereocenters. The molecular formula is C17H11F2NO2S2. The highest BCUT2D eigenvalue weighted by molar-refractivity contribution is 8.26. The maximum Gasteiger partial charge on any atom is 0.263 e. The first-order valence-corrected chi connectivity index (χ1v) is 8.08. The van der Waals surface area contributed by atoms with Crippen LogP contribution in [0.4, 0.5) is 8.78 Å². The number of thiocarbonyl (C=S) groups is 1. The molecule has 1 N–H and O–H groups in total. The largest absolute Gasteiger partial charge is 0.496 e. The third-order valence-corrected chi connectivity index (χ3v) is 4.56. The third kappa shape index (κ3) is 3.32. The molecule has 0 unspecified atom stereocenters. The second-order valence-electron chi connectivity index (χ2n) is 4.94. The lowest BCUT2D eigenvalue weighted by Crippen LogP contribution is -2.17. The van der Waals surface area contributed by atoms with E-state index < -0.39 is 11.6 Å². The molecule has 0 spiro atoms. The average molecular weight is 363 g/mol. The SMILES string of the molecule is COc1ccc(C=C2SC(=S)NC2=O)cc1-c1ccc(F)c(F)c1. The predicted octanol–water partition coefficient (Wildman–Crippen LogP) is 4.13. The van der Waals surface area contributed by atoms with Crippen LogP contribution in [0.2, 0.25) is 0 Å². The van der Waals surface area contributed by atoms with E-state index in [4.69, 9.17) is 17.0 Å². The zero-order chi connectivity index (χ0) is 17.3. The molecule has 1 heterocycles. The molecule has 0 bridgehead atoms. The number of carbonyl (C=O) groups excluding carboxylic acids is 1. The highest BCUT2D eigenvalue weighted by atomic mass is 32.2. The topological polar surface area (TPSA) is 38.3 Å². The van der Waals surface area contributed by atoms with Gasteiger partial charge in [0.05, 0.1) is 12.0 Å². The fraction of sp³-hybridized carbons (Fsp3) is 0.0588. The summed E-state index contributed by atoms with van der Waals surface area (Å²) in [5.41, 5.74) is 1.79. The number of halogens is 2. The lowest BCUT2D eigenvalue weighted by molar-refractivity contribution is -0.115. The van der Waals surface area contributed by atoms with E-state index in [1.165, 1.54) is 24.9 Å². The number of amides is 1. The van der Waals surface area contributed by atoms with E-state index >= 15 is 0 Å². The normalized spacial score (nSPS) is 15.7. The van der Waals surface area contributed by atoms with E-state index in [2.05, 4.69) is 5.32 Å². The van der Waals surface area contributed by atoms with Crippen LogP contribution in [0.3, 0.4) is 0 Å². The van der Waals surface area contributed by atoms with E-state index in [1.807, 2.05) is 0 Å². The molecule has 2 aromatic rings. The highest BCUT2D eigenvalue weighted by Gasteiger charge is 2.22. The van der Waals surface area contributed by atoms with Gasteiger partial charge >= 0.3 is 0 Å². The summed E-state index contributed by atoms with van der Waals surface area (Å²) < 4.78 is 32.4. The second kappa shape index (κ2) is 6.70. The summed E-state index contributed by atoms with van der Waals surface area (Å²) in [6.45, 7) is 0. The molecule has 1 aliphatic heterocycles. The number of benzene rings is 2. The van der Waals surface area contributed by atoms with Crippen LogP contribution in [0, 0.1) is 11.6 Å². The molecule has 1 fully saturated rings. The molecule has 1 aliphatic rings. The summed E-state index contributed by atoms with van der Waals surface area (Å²) in [6, 6.07) is 8.86. The standard InChI is InChI=1S/C17H11F2NO2S2/c1-22-14-5-2-9(7-15-16(21)20-17(23)24-15)6-11(14)10-3-4-12(18)13(19)8-10/h2-8H,1H3,(H,20,21,23). The predicted molar refractivity (Wildman–Crippen MR) is 94.7 cm³/mol. The van der Waals surface area contributed by atoms with Crippen molar-refractivity contribution >= 4 is 40.3 Å². The van der Waals surface area contributed by atoms with E-state index in [9.17, 15) is 13.6 Å². The van der Waals surface area contributed by atoms with Crippen molar-refractivity contribution in [2.75, 3.05) is 7.11 Å². The van der Waals surface area contributed by atoms with E-state index in [-0.39, 0.29) is 5.91 Å². The van der Waals surface area contributed by atoms with E-state index in [0.29, 0.717) is 26.1 Å². The number of carbonyl (C=O) groups is 1. The highest BCUT2D eigenvalue weighted by Crippen LogP contribution is 2.33. The Morgan fingerprint density at radius 2 is 1.96 bits per heavy atom. The van der Waals surface area contributed by atoms with Gasteiger partial charge in [-0.3, -0.25) is 4.79 Å². The van der Waals surface area contributed by atoms with Gasteiger partial charge < -0.3 is 10.1 Å². The number of nitrogens with one attached hydrogen (secondary N) is 1. The Kier molecular flexibility index (Phi) is 4.64. The van der Waals surface area contributed by atoms with Crippen LogP contribution in [0.15, 0.2) is 41.3 Å². The first kappa shape index (κ1) is 16.6.